The zero-order valence-corrected chi connectivity index (χ0v) is 12.2. The summed E-state index contributed by atoms with van der Waals surface area (Å²) in [6, 6.07) is 10.9. The number of para-hydroxylation sites is 1. The van der Waals surface area contributed by atoms with Gasteiger partial charge in [0.2, 0.25) is 0 Å². The monoisotopic (exact) mass is 285 g/mol. The molecule has 0 aliphatic heterocycles. The van der Waals surface area contributed by atoms with Crippen LogP contribution in [0, 0.1) is 0 Å². The molecule has 110 valence electrons. The number of methoxy groups -OCH3 is 1. The van der Waals surface area contributed by atoms with Crippen LogP contribution in [0.4, 0.5) is 5.69 Å². The Morgan fingerprint density at radius 2 is 2.10 bits per heavy atom. The highest BCUT2D eigenvalue weighted by Gasteiger charge is 2.16. The minimum Gasteiger partial charge on any atom is -0.495 e. The number of rotatable bonds is 5. The summed E-state index contributed by atoms with van der Waals surface area (Å²) in [5.74, 6) is 0.390. The van der Waals surface area contributed by atoms with E-state index in [1.54, 1.807) is 36.3 Å². The lowest BCUT2D eigenvalue weighted by Gasteiger charge is -2.18. The molecule has 1 amide bonds. The maximum Gasteiger partial charge on any atom is 0.255 e. The SMILES string of the molecule is COc1cccc(C(=O)N(C)CCc2ccccn2)c1N. The summed E-state index contributed by atoms with van der Waals surface area (Å²) in [6.07, 6.45) is 2.45. The van der Waals surface area contributed by atoms with Gasteiger partial charge in [-0.2, -0.15) is 0 Å². The number of amides is 1. The Balaban J connectivity index is 2.06. The van der Waals surface area contributed by atoms with Crippen LogP contribution in [0.25, 0.3) is 0 Å². The normalized spacial score (nSPS) is 10.2. The van der Waals surface area contributed by atoms with Crippen molar-refractivity contribution >= 4 is 11.6 Å². The van der Waals surface area contributed by atoms with Crippen molar-refractivity contribution in [3.05, 3.63) is 53.9 Å². The summed E-state index contributed by atoms with van der Waals surface area (Å²) in [5, 5.41) is 0. The smallest absolute Gasteiger partial charge is 0.255 e. The second-order valence-corrected chi connectivity index (χ2v) is 4.72. The number of aromatic nitrogens is 1. The molecule has 5 heteroatoms. The fraction of sp³-hybridized carbons (Fsp3) is 0.250. The Kier molecular flexibility index (Phi) is 4.77. The summed E-state index contributed by atoms with van der Waals surface area (Å²) in [5.41, 5.74) is 7.74. The number of carbonyl (C=O) groups excluding carboxylic acids is 1. The van der Waals surface area contributed by atoms with E-state index in [-0.39, 0.29) is 5.91 Å². The number of hydrogen-bond donors (Lipinski definition) is 1. The molecule has 2 aromatic rings. The van der Waals surface area contributed by atoms with Crippen molar-refractivity contribution in [1.82, 2.24) is 9.88 Å². The zero-order chi connectivity index (χ0) is 15.2. The molecule has 0 unspecified atom stereocenters. The molecule has 1 aromatic carbocycles. The number of anilines is 1. The number of nitrogens with two attached hydrogens (primary N) is 1. The minimum absolute atomic E-state index is 0.123. The summed E-state index contributed by atoms with van der Waals surface area (Å²) < 4.78 is 5.14. The van der Waals surface area contributed by atoms with E-state index in [4.69, 9.17) is 10.5 Å². The average Bonchev–Trinajstić information content (AvgIpc) is 2.53. The van der Waals surface area contributed by atoms with Gasteiger partial charge in [-0.1, -0.05) is 12.1 Å². The number of pyridine rings is 1. The van der Waals surface area contributed by atoms with Gasteiger partial charge in [0.15, 0.2) is 0 Å². The highest BCUT2D eigenvalue weighted by atomic mass is 16.5. The molecule has 0 saturated carbocycles. The molecule has 0 bridgehead atoms. The van der Waals surface area contributed by atoms with Crippen LogP contribution in [0.2, 0.25) is 0 Å². The molecular weight excluding hydrogens is 266 g/mol. The Bertz CT molecular complexity index is 614. The third kappa shape index (κ3) is 3.51. The van der Waals surface area contributed by atoms with E-state index in [2.05, 4.69) is 4.98 Å². The van der Waals surface area contributed by atoms with Gasteiger partial charge in [-0.3, -0.25) is 9.78 Å². The molecule has 2 rings (SSSR count). The van der Waals surface area contributed by atoms with Crippen LogP contribution >= 0.6 is 0 Å². The maximum atomic E-state index is 12.4. The Hall–Kier alpha value is -2.56. The molecule has 2 N–H and O–H groups in total. The Labute approximate surface area is 124 Å². The lowest BCUT2D eigenvalue weighted by molar-refractivity contribution is 0.0797. The fourth-order valence-electron chi connectivity index (χ4n) is 2.04. The van der Waals surface area contributed by atoms with Gasteiger partial charge in [0.25, 0.3) is 5.91 Å². The number of carbonyl (C=O) groups is 1. The Morgan fingerprint density at radius 1 is 1.29 bits per heavy atom. The van der Waals surface area contributed by atoms with Gasteiger partial charge in [0, 0.05) is 31.9 Å². The molecule has 0 fully saturated rings. The van der Waals surface area contributed by atoms with Crippen molar-refractivity contribution in [2.24, 2.45) is 0 Å². The van der Waals surface area contributed by atoms with Crippen molar-refractivity contribution in [2.45, 2.75) is 6.42 Å². The van der Waals surface area contributed by atoms with E-state index < -0.39 is 0 Å². The van der Waals surface area contributed by atoms with Gasteiger partial charge in [-0.05, 0) is 24.3 Å². The Morgan fingerprint density at radius 3 is 2.76 bits per heavy atom. The summed E-state index contributed by atoms with van der Waals surface area (Å²) in [4.78, 5) is 18.3. The quantitative estimate of drug-likeness (QED) is 0.853. The number of benzene rings is 1. The maximum absolute atomic E-state index is 12.4. The fourth-order valence-corrected chi connectivity index (χ4v) is 2.04. The van der Waals surface area contributed by atoms with Crippen LogP contribution in [0.15, 0.2) is 42.6 Å². The van der Waals surface area contributed by atoms with Gasteiger partial charge in [0.05, 0.1) is 18.4 Å². The van der Waals surface area contributed by atoms with E-state index in [0.29, 0.717) is 30.0 Å². The van der Waals surface area contributed by atoms with E-state index >= 15 is 0 Å². The summed E-state index contributed by atoms with van der Waals surface area (Å²) >= 11 is 0. The average molecular weight is 285 g/mol. The van der Waals surface area contributed by atoms with Crippen molar-refractivity contribution in [2.75, 3.05) is 26.4 Å². The molecule has 5 nitrogen and oxygen atoms in total. The lowest BCUT2D eigenvalue weighted by Crippen LogP contribution is -2.29. The molecule has 0 radical (unpaired) electrons. The van der Waals surface area contributed by atoms with Crippen molar-refractivity contribution in [3.63, 3.8) is 0 Å². The minimum atomic E-state index is -0.123. The lowest BCUT2D eigenvalue weighted by atomic mass is 10.1. The van der Waals surface area contributed by atoms with Crippen LogP contribution in [-0.4, -0.2) is 36.5 Å². The van der Waals surface area contributed by atoms with Gasteiger partial charge in [-0.15, -0.1) is 0 Å². The van der Waals surface area contributed by atoms with Crippen LogP contribution in [0.5, 0.6) is 5.75 Å². The van der Waals surface area contributed by atoms with Gasteiger partial charge in [-0.25, -0.2) is 0 Å². The summed E-state index contributed by atoms with van der Waals surface area (Å²) in [6.45, 7) is 0.576. The van der Waals surface area contributed by atoms with Crippen molar-refractivity contribution in [1.29, 1.82) is 0 Å². The number of hydrogen-bond acceptors (Lipinski definition) is 4. The third-order valence-electron chi connectivity index (χ3n) is 3.29. The molecule has 0 saturated heterocycles. The van der Waals surface area contributed by atoms with Gasteiger partial charge >= 0.3 is 0 Å². The van der Waals surface area contributed by atoms with Crippen molar-refractivity contribution in [3.8, 4) is 5.75 Å². The first-order chi connectivity index (χ1) is 10.1. The van der Waals surface area contributed by atoms with E-state index in [1.807, 2.05) is 18.2 Å². The van der Waals surface area contributed by atoms with Crippen LogP contribution in [-0.2, 0) is 6.42 Å². The van der Waals surface area contributed by atoms with Crippen molar-refractivity contribution < 1.29 is 9.53 Å². The van der Waals surface area contributed by atoms with Crippen LogP contribution in [0.1, 0.15) is 16.1 Å². The number of ether oxygens (including phenoxy) is 1. The van der Waals surface area contributed by atoms with E-state index in [1.165, 1.54) is 7.11 Å². The topological polar surface area (TPSA) is 68.5 Å². The first-order valence-corrected chi connectivity index (χ1v) is 6.71. The molecule has 1 aromatic heterocycles. The predicted octanol–water partition coefficient (Wildman–Crippen LogP) is 1.99. The molecule has 0 aliphatic rings. The first-order valence-electron chi connectivity index (χ1n) is 6.71. The number of likely N-dealkylation sites (N-methyl/N-ethyl adjacent to an activating group) is 1. The molecular formula is C16H19N3O2. The number of nitrogen functional groups attached to an aromatic ring is 1. The largest absolute Gasteiger partial charge is 0.495 e. The van der Waals surface area contributed by atoms with Crippen LogP contribution in [0.3, 0.4) is 0 Å². The van der Waals surface area contributed by atoms with Gasteiger partial charge in [0.1, 0.15) is 5.75 Å². The summed E-state index contributed by atoms with van der Waals surface area (Å²) in [7, 11) is 3.29. The highest BCUT2D eigenvalue weighted by molar-refractivity contribution is 6.00. The number of nitrogens with zero attached hydrogens (tertiary/aromatic N) is 2. The van der Waals surface area contributed by atoms with Crippen LogP contribution < -0.4 is 10.5 Å². The van der Waals surface area contributed by atoms with E-state index in [0.717, 1.165) is 5.69 Å². The standard InChI is InChI=1S/C16H19N3O2/c1-19(11-9-12-6-3-4-10-18-12)16(20)13-7-5-8-14(21-2)15(13)17/h3-8,10H,9,11,17H2,1-2H3. The third-order valence-corrected chi connectivity index (χ3v) is 3.29. The first kappa shape index (κ1) is 14.8. The van der Waals surface area contributed by atoms with Gasteiger partial charge < -0.3 is 15.4 Å². The second kappa shape index (κ2) is 6.74. The molecule has 0 aliphatic carbocycles. The molecule has 0 atom stereocenters. The molecule has 0 spiro atoms. The van der Waals surface area contributed by atoms with E-state index in [9.17, 15) is 4.79 Å². The predicted molar refractivity (Wildman–Crippen MR) is 82.3 cm³/mol. The highest BCUT2D eigenvalue weighted by Crippen LogP contribution is 2.25. The zero-order valence-electron chi connectivity index (χ0n) is 12.2. The molecule has 21 heavy (non-hydrogen) atoms. The second-order valence-electron chi connectivity index (χ2n) is 4.72. The molecule has 1 heterocycles.